The van der Waals surface area contributed by atoms with E-state index in [2.05, 4.69) is 47.9 Å². The van der Waals surface area contributed by atoms with Crippen molar-refractivity contribution in [2.45, 2.75) is 231 Å². The predicted octanol–water partition coefficient (Wildman–Crippen LogP) is 1.95. The van der Waals surface area contributed by atoms with Gasteiger partial charge in [-0.15, -0.1) is 0 Å². The van der Waals surface area contributed by atoms with Gasteiger partial charge in [0.05, 0.1) is 6.04 Å². The van der Waals surface area contributed by atoms with Gasteiger partial charge in [-0.2, -0.15) is 0 Å². The average molecular weight is 1280 g/mol. The molecule has 0 aliphatic heterocycles. The summed E-state index contributed by atoms with van der Waals surface area (Å²) in [5, 5.41) is 35.1. The van der Waals surface area contributed by atoms with Crippen LogP contribution in [0.1, 0.15) is 169 Å². The van der Waals surface area contributed by atoms with Crippen molar-refractivity contribution < 1.29 is 53.1 Å². The number of nitrogens with one attached hydrogen (secondary N) is 9. The van der Waals surface area contributed by atoms with Crippen LogP contribution >= 0.6 is 0 Å². The van der Waals surface area contributed by atoms with E-state index in [1.54, 1.807) is 60.7 Å². The summed E-state index contributed by atoms with van der Waals surface area (Å²) in [6.45, 7) is 16.3. The van der Waals surface area contributed by atoms with Gasteiger partial charge in [-0.25, -0.2) is 4.79 Å². The van der Waals surface area contributed by atoms with E-state index in [0.29, 0.717) is 88.5 Å². The summed E-state index contributed by atoms with van der Waals surface area (Å²) < 4.78 is 0. The van der Waals surface area contributed by atoms with Gasteiger partial charge in [0.1, 0.15) is 54.4 Å². The van der Waals surface area contributed by atoms with Crippen LogP contribution in [-0.2, 0) is 60.8 Å². The van der Waals surface area contributed by atoms with Crippen LogP contribution in [0.25, 0.3) is 0 Å². The number of unbranched alkanes of at least 4 members (excludes halogenated alkanes) is 4. The lowest BCUT2D eigenvalue weighted by atomic mass is 9.98. The minimum absolute atomic E-state index is 0.00472. The third kappa shape index (κ3) is 32.7. The highest BCUT2D eigenvalue weighted by Gasteiger charge is 2.37. The number of hydrogen-bond donors (Lipinski definition) is 15. The van der Waals surface area contributed by atoms with E-state index >= 15 is 0 Å². The lowest BCUT2D eigenvalue weighted by Gasteiger charge is -2.29. The molecule has 2 aromatic carbocycles. The van der Waals surface area contributed by atoms with Gasteiger partial charge in [-0.3, -0.25) is 43.2 Å². The molecule has 10 atom stereocenters. The van der Waals surface area contributed by atoms with Crippen molar-refractivity contribution >= 4 is 59.1 Å². The second-order valence-corrected chi connectivity index (χ2v) is 25.5. The molecule has 0 spiro atoms. The largest absolute Gasteiger partial charge is 0.480 e. The summed E-state index contributed by atoms with van der Waals surface area (Å²) in [5.74, 6) is -7.91. The molecule has 0 saturated carbocycles. The lowest BCUT2D eigenvalue weighted by molar-refractivity contribution is -0.142. The van der Waals surface area contributed by atoms with Gasteiger partial charge in [-0.1, -0.05) is 122 Å². The van der Waals surface area contributed by atoms with Crippen LogP contribution in [-0.4, -0.2) is 151 Å². The Morgan fingerprint density at radius 2 is 0.549 bits per heavy atom. The van der Waals surface area contributed by atoms with Crippen molar-refractivity contribution in [1.29, 1.82) is 0 Å². The molecule has 0 fully saturated rings. The summed E-state index contributed by atoms with van der Waals surface area (Å²) in [5.41, 5.74) is 30.5. The molecule has 0 saturated heterocycles. The van der Waals surface area contributed by atoms with Crippen LogP contribution in [0.2, 0.25) is 0 Å². The summed E-state index contributed by atoms with van der Waals surface area (Å²) in [4.78, 5) is 141. The molecule has 20 N–H and O–H groups in total. The molecule has 512 valence electrons. The molecule has 0 unspecified atom stereocenters. The summed E-state index contributed by atoms with van der Waals surface area (Å²) in [7, 11) is 0. The minimum atomic E-state index is -1.32. The van der Waals surface area contributed by atoms with E-state index in [-0.39, 0.29) is 88.0 Å². The number of rotatable bonds is 47. The Hall–Kier alpha value is -7.06. The van der Waals surface area contributed by atoms with Crippen molar-refractivity contribution in [3.8, 4) is 0 Å². The molecule has 91 heavy (non-hydrogen) atoms. The van der Waals surface area contributed by atoms with Crippen molar-refractivity contribution in [2.75, 3.05) is 26.2 Å². The SMILES string of the molecule is CC(C)C[C@H](NC(=O)[C@H](CCCCN)NC(=O)[C@H](CC(C)C)NC(=O)[C@H](Cc1ccccc1)NC(=O)[C@H](CCCCN)NC(=O)[C@H](CC(C)C)NC(=O)[C@H](CC(C)C)NC(=O)[C@@H](N)CCCCN)C(=O)N[C@@H](Cc1ccccc1)C(=O)N[C@@H](CCCCN)C(=O)O. The van der Waals surface area contributed by atoms with Crippen molar-refractivity contribution in [3.63, 3.8) is 0 Å². The number of carbonyl (C=O) groups is 10. The van der Waals surface area contributed by atoms with E-state index in [4.69, 9.17) is 28.7 Å². The first-order valence-corrected chi connectivity index (χ1v) is 32.8. The molecule has 0 aromatic heterocycles. The monoisotopic (exact) mass is 1280 g/mol. The first-order valence-electron chi connectivity index (χ1n) is 32.8. The molecule has 0 bridgehead atoms. The number of aliphatic carboxylic acids is 1. The standard InChI is InChI=1S/C66H112N14O11/c1-41(2)35-51(75-57(81)47(71)27-15-19-31-67)62(86)77-52(36-42(3)4)60(84)73-49(29-17-21-33-69)59(83)79-56(40-46-25-13-10-14-26-46)65(89)78-53(37-43(5)6)61(85)72-48(28-16-20-32-68)58(82)76-54(38-44(7)8)63(87)80-55(39-45-23-11-9-12-24-45)64(88)74-50(66(90)91)30-18-22-34-70/h9-14,23-26,41-44,47-56H,15-22,27-40,67-71H2,1-8H3,(H,72,85)(H,73,84)(H,74,88)(H,75,81)(H,76,82)(H,77,86)(H,78,89)(H,79,83)(H,80,87)(H,90,91)/t47-,48-,49-,50-,51-,52-,53-,54-,55-,56-/m0/s1. The second kappa shape index (κ2) is 44.4. The minimum Gasteiger partial charge on any atom is -0.480 e. The highest BCUT2D eigenvalue weighted by Crippen LogP contribution is 2.16. The fraction of sp³-hybridized carbons (Fsp3) is 0.667. The summed E-state index contributed by atoms with van der Waals surface area (Å²) in [6, 6.07) is 5.86. The Morgan fingerprint density at radius 1 is 0.319 bits per heavy atom. The summed E-state index contributed by atoms with van der Waals surface area (Å²) >= 11 is 0. The van der Waals surface area contributed by atoms with Gasteiger partial charge in [0.25, 0.3) is 0 Å². The Labute approximate surface area is 539 Å². The van der Waals surface area contributed by atoms with Crippen molar-refractivity contribution in [1.82, 2.24) is 47.9 Å². The fourth-order valence-electron chi connectivity index (χ4n) is 10.3. The van der Waals surface area contributed by atoms with Gasteiger partial charge in [0.2, 0.25) is 53.2 Å². The second-order valence-electron chi connectivity index (χ2n) is 25.5. The molecule has 25 heteroatoms. The number of amides is 9. The molecule has 9 amide bonds. The zero-order chi connectivity index (χ0) is 68.0. The number of benzene rings is 2. The number of nitrogens with two attached hydrogens (primary N) is 5. The van der Waals surface area contributed by atoms with Crippen LogP contribution in [0.4, 0.5) is 0 Å². The fourth-order valence-corrected chi connectivity index (χ4v) is 10.3. The zero-order valence-electron chi connectivity index (χ0n) is 55.3. The third-order valence-electron chi connectivity index (χ3n) is 15.2. The Kier molecular flexibility index (Phi) is 39.1. The number of carboxylic acid groups (broad SMARTS) is 1. The van der Waals surface area contributed by atoms with Gasteiger partial charge in [0, 0.05) is 12.8 Å². The van der Waals surface area contributed by atoms with Gasteiger partial charge >= 0.3 is 5.97 Å². The molecule has 0 aliphatic rings. The smallest absolute Gasteiger partial charge is 0.326 e. The third-order valence-corrected chi connectivity index (χ3v) is 15.2. The quantitative estimate of drug-likeness (QED) is 0.0421. The van der Waals surface area contributed by atoms with Crippen molar-refractivity contribution in [2.24, 2.45) is 52.3 Å². The maximum absolute atomic E-state index is 14.8. The zero-order valence-corrected chi connectivity index (χ0v) is 55.3. The number of carbonyl (C=O) groups excluding carboxylic acids is 9. The molecule has 0 radical (unpaired) electrons. The van der Waals surface area contributed by atoms with Gasteiger partial charge in [0.15, 0.2) is 0 Å². The molecule has 25 nitrogen and oxygen atoms in total. The summed E-state index contributed by atoms with van der Waals surface area (Å²) in [6.07, 6.45) is 5.28. The molecule has 0 aliphatic carbocycles. The molecular weight excluding hydrogens is 1160 g/mol. The molecular formula is C66H112N14O11. The first-order chi connectivity index (χ1) is 43.2. The van der Waals surface area contributed by atoms with Crippen LogP contribution < -0.4 is 76.5 Å². The Bertz CT molecular complexity index is 2520. The van der Waals surface area contributed by atoms with Crippen LogP contribution in [0.15, 0.2) is 60.7 Å². The Morgan fingerprint density at radius 3 is 0.835 bits per heavy atom. The average Bonchev–Trinajstić information content (AvgIpc) is 2.09. The number of hydrogen-bond acceptors (Lipinski definition) is 15. The van der Waals surface area contributed by atoms with E-state index in [0.717, 1.165) is 0 Å². The van der Waals surface area contributed by atoms with Crippen molar-refractivity contribution in [3.05, 3.63) is 71.8 Å². The maximum atomic E-state index is 14.8. The normalized spacial score (nSPS) is 14.7. The highest BCUT2D eigenvalue weighted by molar-refractivity contribution is 5.98. The van der Waals surface area contributed by atoms with E-state index in [1.165, 1.54) is 0 Å². The maximum Gasteiger partial charge on any atom is 0.326 e. The molecule has 2 rings (SSSR count). The first kappa shape index (κ1) is 80.0. The van der Waals surface area contributed by atoms with E-state index in [9.17, 15) is 53.1 Å². The highest BCUT2D eigenvalue weighted by atomic mass is 16.4. The lowest BCUT2D eigenvalue weighted by Crippen LogP contribution is -2.61. The van der Waals surface area contributed by atoms with Gasteiger partial charge < -0.3 is 81.6 Å². The topological polar surface area (TPSA) is 429 Å². The Balaban J connectivity index is 2.54. The number of carboxylic acids is 1. The van der Waals surface area contributed by atoms with Gasteiger partial charge in [-0.05, 0) is 157 Å². The van der Waals surface area contributed by atoms with E-state index in [1.807, 2.05) is 55.4 Å². The van der Waals surface area contributed by atoms with Crippen LogP contribution in [0.5, 0.6) is 0 Å². The molecule has 0 heterocycles. The molecule has 2 aromatic rings. The van der Waals surface area contributed by atoms with E-state index < -0.39 is 120 Å². The van der Waals surface area contributed by atoms with Crippen LogP contribution in [0.3, 0.4) is 0 Å². The van der Waals surface area contributed by atoms with Crippen LogP contribution in [0, 0.1) is 23.7 Å². The predicted molar refractivity (Wildman–Crippen MR) is 353 cm³/mol.